The second-order valence-electron chi connectivity index (χ2n) is 4.68. The van der Waals surface area contributed by atoms with Crippen molar-refractivity contribution in [3.05, 3.63) is 42.1 Å². The van der Waals surface area contributed by atoms with Crippen LogP contribution in [0.2, 0.25) is 0 Å². The average molecular weight is 329 g/mol. The Hall–Kier alpha value is -2.55. The highest BCUT2D eigenvalue weighted by Gasteiger charge is 2.28. The zero-order chi connectivity index (χ0) is 17.0. The number of nitrogens with zero attached hydrogens (tertiary/aromatic N) is 2. The molecule has 2 aromatic rings. The van der Waals surface area contributed by atoms with Gasteiger partial charge >= 0.3 is 6.18 Å². The highest BCUT2D eigenvalue weighted by atomic mass is 19.4. The van der Waals surface area contributed by atoms with Gasteiger partial charge < -0.3 is 15.2 Å². The first-order chi connectivity index (χ1) is 10.8. The first kappa shape index (κ1) is 16.8. The first-order valence-corrected chi connectivity index (χ1v) is 6.51. The van der Waals surface area contributed by atoms with Crippen LogP contribution in [-0.2, 0) is 11.3 Å². The number of alkyl halides is 3. The fourth-order valence-corrected chi connectivity index (χ4v) is 1.86. The van der Waals surface area contributed by atoms with Crippen LogP contribution in [0.5, 0.6) is 5.75 Å². The molecule has 1 atom stereocenters. The monoisotopic (exact) mass is 329 g/mol. The van der Waals surface area contributed by atoms with E-state index in [0.29, 0.717) is 10.4 Å². The van der Waals surface area contributed by atoms with Crippen LogP contribution >= 0.6 is 0 Å². The number of ether oxygens (including phenoxy) is 1. The van der Waals surface area contributed by atoms with Crippen LogP contribution in [0, 0.1) is 0 Å². The van der Waals surface area contributed by atoms with Crippen molar-refractivity contribution in [3.8, 4) is 5.75 Å². The molecular formula is C14H14F3N3O3. The zero-order valence-electron chi connectivity index (χ0n) is 12.0. The van der Waals surface area contributed by atoms with Gasteiger partial charge in [-0.3, -0.25) is 9.48 Å². The molecule has 0 saturated carbocycles. The molecule has 0 aliphatic heterocycles. The molecule has 2 rings (SSSR count). The van der Waals surface area contributed by atoms with Crippen LogP contribution in [0.1, 0.15) is 11.7 Å². The van der Waals surface area contributed by atoms with E-state index >= 15 is 0 Å². The number of benzene rings is 1. The van der Waals surface area contributed by atoms with Gasteiger partial charge in [0.2, 0.25) is 0 Å². The van der Waals surface area contributed by atoms with Crippen molar-refractivity contribution in [3.63, 3.8) is 0 Å². The molecule has 6 nitrogen and oxygen atoms in total. The molecule has 1 aromatic heterocycles. The Bertz CT molecular complexity index is 685. The normalized spacial score (nSPS) is 12.7. The molecule has 1 unspecified atom stereocenters. The summed E-state index contributed by atoms with van der Waals surface area (Å²) in [5.41, 5.74) is 0.288. The van der Waals surface area contributed by atoms with E-state index in [1.807, 2.05) is 0 Å². The Kier molecular flexibility index (Phi) is 4.89. The van der Waals surface area contributed by atoms with Crippen LogP contribution in [0.4, 0.5) is 19.0 Å². The first-order valence-electron chi connectivity index (χ1n) is 6.51. The summed E-state index contributed by atoms with van der Waals surface area (Å²) < 4.78 is 42.3. The highest BCUT2D eigenvalue weighted by Crippen LogP contribution is 2.21. The molecule has 0 aliphatic rings. The van der Waals surface area contributed by atoms with Crippen molar-refractivity contribution in [1.82, 2.24) is 9.78 Å². The number of amides is 1. The molecule has 0 bridgehead atoms. The SMILES string of the molecule is COc1cccc(C(O)C(=O)Nc2ccn(CC(F)(F)F)n2)c1. The average Bonchev–Trinajstić information content (AvgIpc) is 2.91. The van der Waals surface area contributed by atoms with Gasteiger partial charge in [0.25, 0.3) is 5.91 Å². The predicted octanol–water partition coefficient (Wildman–Crippen LogP) is 2.13. The van der Waals surface area contributed by atoms with Crippen LogP contribution in [0.3, 0.4) is 0 Å². The third-order valence-corrected chi connectivity index (χ3v) is 2.89. The number of hydrogen-bond acceptors (Lipinski definition) is 4. The molecule has 2 N–H and O–H groups in total. The van der Waals surface area contributed by atoms with Crippen molar-refractivity contribution < 1.29 is 27.8 Å². The lowest BCUT2D eigenvalue weighted by Crippen LogP contribution is -2.22. The molecular weight excluding hydrogens is 315 g/mol. The minimum Gasteiger partial charge on any atom is -0.497 e. The maximum absolute atomic E-state index is 12.2. The number of methoxy groups -OCH3 is 1. The quantitative estimate of drug-likeness (QED) is 0.881. The molecule has 124 valence electrons. The highest BCUT2D eigenvalue weighted by molar-refractivity contribution is 5.93. The summed E-state index contributed by atoms with van der Waals surface area (Å²) in [6, 6.07) is 7.46. The Morgan fingerprint density at radius 2 is 2.17 bits per heavy atom. The van der Waals surface area contributed by atoms with Gasteiger partial charge in [-0.1, -0.05) is 12.1 Å². The smallest absolute Gasteiger partial charge is 0.408 e. The summed E-state index contributed by atoms with van der Waals surface area (Å²) in [5.74, 6) is -0.430. The molecule has 1 aromatic carbocycles. The van der Waals surface area contributed by atoms with E-state index in [0.717, 1.165) is 6.20 Å². The molecule has 0 spiro atoms. The molecule has 0 aliphatic carbocycles. The largest absolute Gasteiger partial charge is 0.497 e. The number of nitrogens with one attached hydrogen (secondary N) is 1. The summed E-state index contributed by atoms with van der Waals surface area (Å²) in [6.45, 7) is -1.26. The second kappa shape index (κ2) is 6.69. The molecule has 0 radical (unpaired) electrons. The van der Waals surface area contributed by atoms with Gasteiger partial charge in [0.1, 0.15) is 12.3 Å². The zero-order valence-corrected chi connectivity index (χ0v) is 12.0. The van der Waals surface area contributed by atoms with E-state index in [9.17, 15) is 23.1 Å². The van der Waals surface area contributed by atoms with E-state index in [1.54, 1.807) is 12.1 Å². The predicted molar refractivity (Wildman–Crippen MR) is 74.9 cm³/mol. The van der Waals surface area contributed by atoms with Gasteiger partial charge in [-0.2, -0.15) is 18.3 Å². The third-order valence-electron chi connectivity index (χ3n) is 2.89. The van der Waals surface area contributed by atoms with Gasteiger partial charge in [-0.25, -0.2) is 0 Å². The van der Waals surface area contributed by atoms with Crippen molar-refractivity contribution in [2.24, 2.45) is 0 Å². The minimum atomic E-state index is -4.41. The Morgan fingerprint density at radius 1 is 1.43 bits per heavy atom. The molecule has 9 heteroatoms. The maximum atomic E-state index is 12.2. The number of aromatic nitrogens is 2. The molecule has 0 fully saturated rings. The van der Waals surface area contributed by atoms with Crippen LogP contribution in [0.15, 0.2) is 36.5 Å². The fraction of sp³-hybridized carbons (Fsp3) is 0.286. The Morgan fingerprint density at radius 3 is 2.83 bits per heavy atom. The van der Waals surface area contributed by atoms with Gasteiger partial charge in [-0.05, 0) is 17.7 Å². The number of aliphatic hydroxyl groups excluding tert-OH is 1. The van der Waals surface area contributed by atoms with Gasteiger partial charge in [-0.15, -0.1) is 0 Å². The van der Waals surface area contributed by atoms with Crippen molar-refractivity contribution in [1.29, 1.82) is 0 Å². The number of aliphatic hydroxyl groups is 1. The lowest BCUT2D eigenvalue weighted by Gasteiger charge is -2.11. The van der Waals surface area contributed by atoms with Crippen molar-refractivity contribution in [2.75, 3.05) is 12.4 Å². The molecule has 1 amide bonds. The third kappa shape index (κ3) is 4.71. The number of carbonyl (C=O) groups excluding carboxylic acids is 1. The van der Waals surface area contributed by atoms with Crippen molar-refractivity contribution in [2.45, 2.75) is 18.8 Å². The van der Waals surface area contributed by atoms with Crippen molar-refractivity contribution >= 4 is 11.7 Å². The number of rotatable bonds is 5. The number of anilines is 1. The fourth-order valence-electron chi connectivity index (χ4n) is 1.86. The van der Waals surface area contributed by atoms with Crippen LogP contribution in [0.25, 0.3) is 0 Å². The van der Waals surface area contributed by atoms with E-state index < -0.39 is 24.7 Å². The van der Waals surface area contributed by atoms with E-state index in [1.165, 1.54) is 25.3 Å². The standard InChI is InChI=1S/C14H14F3N3O3/c1-23-10-4-2-3-9(7-10)12(21)13(22)18-11-5-6-20(19-11)8-14(15,16)17/h2-7,12,21H,8H2,1H3,(H,18,19,22). The van der Waals surface area contributed by atoms with E-state index in [4.69, 9.17) is 4.74 Å². The van der Waals surface area contributed by atoms with Gasteiger partial charge in [0.05, 0.1) is 7.11 Å². The second-order valence-corrected chi connectivity index (χ2v) is 4.68. The van der Waals surface area contributed by atoms with Gasteiger partial charge in [0, 0.05) is 12.3 Å². The maximum Gasteiger partial charge on any atom is 0.408 e. The molecule has 23 heavy (non-hydrogen) atoms. The van der Waals surface area contributed by atoms with Crippen LogP contribution in [-0.4, -0.2) is 34.1 Å². The Labute approximate surface area is 129 Å². The van der Waals surface area contributed by atoms with E-state index in [-0.39, 0.29) is 11.4 Å². The summed E-state index contributed by atoms with van der Waals surface area (Å²) >= 11 is 0. The molecule has 1 heterocycles. The number of hydrogen-bond donors (Lipinski definition) is 2. The van der Waals surface area contributed by atoms with E-state index in [2.05, 4.69) is 10.4 Å². The summed E-state index contributed by atoms with van der Waals surface area (Å²) in [4.78, 5) is 11.9. The lowest BCUT2D eigenvalue weighted by atomic mass is 10.1. The topological polar surface area (TPSA) is 76.4 Å². The minimum absolute atomic E-state index is 0.0822. The number of carbonyl (C=O) groups is 1. The van der Waals surface area contributed by atoms with Crippen LogP contribution < -0.4 is 10.1 Å². The number of halogens is 3. The van der Waals surface area contributed by atoms with Gasteiger partial charge in [0.15, 0.2) is 11.9 Å². The Balaban J connectivity index is 2.03. The summed E-state index contributed by atoms with van der Waals surface area (Å²) in [7, 11) is 1.44. The summed E-state index contributed by atoms with van der Waals surface area (Å²) in [5, 5.41) is 15.8. The lowest BCUT2D eigenvalue weighted by molar-refractivity contribution is -0.142. The summed E-state index contributed by atoms with van der Waals surface area (Å²) in [6.07, 6.45) is -4.83. The molecule has 0 saturated heterocycles.